The summed E-state index contributed by atoms with van der Waals surface area (Å²) in [4.78, 5) is 12.3. The highest BCUT2D eigenvalue weighted by Crippen LogP contribution is 2.41. The summed E-state index contributed by atoms with van der Waals surface area (Å²) in [5.74, 6) is 0.189. The van der Waals surface area contributed by atoms with E-state index in [1.54, 1.807) is 0 Å². The Hall–Kier alpha value is -1.35. The largest absolute Gasteiger partial charge is 0.349 e. The Bertz CT molecular complexity index is 518. The van der Waals surface area contributed by atoms with Crippen LogP contribution in [0.2, 0.25) is 0 Å². The molecule has 0 aromatic heterocycles. The van der Waals surface area contributed by atoms with Gasteiger partial charge in [-0.25, -0.2) is 0 Å². The van der Waals surface area contributed by atoms with E-state index in [1.807, 2.05) is 0 Å². The highest BCUT2D eigenvalue weighted by Gasteiger charge is 2.33. The summed E-state index contributed by atoms with van der Waals surface area (Å²) >= 11 is 0. The van der Waals surface area contributed by atoms with Gasteiger partial charge in [-0.1, -0.05) is 38.1 Å². The van der Waals surface area contributed by atoms with E-state index in [2.05, 4.69) is 48.7 Å². The van der Waals surface area contributed by atoms with Crippen LogP contribution >= 0.6 is 0 Å². The van der Waals surface area contributed by atoms with Crippen molar-refractivity contribution in [3.8, 4) is 0 Å². The second kappa shape index (κ2) is 5.80. The van der Waals surface area contributed by atoms with E-state index in [9.17, 15) is 4.79 Å². The van der Waals surface area contributed by atoms with Crippen molar-refractivity contribution in [1.29, 1.82) is 0 Å². The minimum atomic E-state index is 0.183. The summed E-state index contributed by atoms with van der Waals surface area (Å²) in [7, 11) is 0. The highest BCUT2D eigenvalue weighted by atomic mass is 16.1. The number of hydrogen-bond donors (Lipinski definition) is 2. The minimum absolute atomic E-state index is 0.183. The normalized spacial score (nSPS) is 27.1. The molecule has 3 rings (SSSR count). The summed E-state index contributed by atoms with van der Waals surface area (Å²) in [6, 6.07) is 9.13. The molecule has 3 heteroatoms. The van der Waals surface area contributed by atoms with Crippen LogP contribution in [0.4, 0.5) is 0 Å². The van der Waals surface area contributed by atoms with Gasteiger partial charge in [-0.05, 0) is 48.8 Å². The Balaban J connectivity index is 1.70. The number of carbonyl (C=O) groups excluding carboxylic acids is 1. The zero-order chi connectivity index (χ0) is 14.9. The van der Waals surface area contributed by atoms with Gasteiger partial charge in [0.25, 0.3) is 0 Å². The van der Waals surface area contributed by atoms with Crippen molar-refractivity contribution in [2.75, 3.05) is 6.54 Å². The smallest absolute Gasteiger partial charge is 0.222 e. The Kier molecular flexibility index (Phi) is 4.03. The van der Waals surface area contributed by atoms with Gasteiger partial charge in [-0.2, -0.15) is 0 Å². The first kappa shape index (κ1) is 14.6. The number of benzene rings is 1. The van der Waals surface area contributed by atoms with Crippen LogP contribution in [0.1, 0.15) is 63.1 Å². The van der Waals surface area contributed by atoms with Gasteiger partial charge in [0, 0.05) is 12.5 Å². The number of amides is 1. The van der Waals surface area contributed by atoms with Crippen molar-refractivity contribution in [2.24, 2.45) is 0 Å². The lowest BCUT2D eigenvalue weighted by atomic mass is 9.71. The average Bonchev–Trinajstić information content (AvgIpc) is 2.95. The fourth-order valence-corrected chi connectivity index (χ4v) is 3.77. The molecule has 1 heterocycles. The molecule has 3 nitrogen and oxygen atoms in total. The molecule has 0 saturated carbocycles. The molecule has 21 heavy (non-hydrogen) atoms. The third kappa shape index (κ3) is 3.13. The van der Waals surface area contributed by atoms with Gasteiger partial charge in [-0.3, -0.25) is 4.79 Å². The molecule has 1 saturated heterocycles. The standard InChI is InChI=1S/C18H26N2O/c1-18(2)10-9-16(14-7-3-4-8-15(14)18)20-17(21)12-13-6-5-11-19-13/h3-4,7-8,13,16,19H,5-6,9-12H2,1-2H3,(H,20,21). The minimum Gasteiger partial charge on any atom is -0.349 e. The maximum Gasteiger partial charge on any atom is 0.222 e. The van der Waals surface area contributed by atoms with Crippen LogP contribution in [0.25, 0.3) is 0 Å². The van der Waals surface area contributed by atoms with Crippen molar-refractivity contribution in [3.05, 3.63) is 35.4 Å². The molecule has 1 fully saturated rings. The molecule has 1 aliphatic carbocycles. The van der Waals surface area contributed by atoms with Crippen molar-refractivity contribution < 1.29 is 4.79 Å². The summed E-state index contributed by atoms with van der Waals surface area (Å²) in [6.07, 6.45) is 5.09. The van der Waals surface area contributed by atoms with Gasteiger partial charge < -0.3 is 10.6 Å². The Morgan fingerprint density at radius 2 is 2.14 bits per heavy atom. The van der Waals surface area contributed by atoms with Gasteiger partial charge in [-0.15, -0.1) is 0 Å². The lowest BCUT2D eigenvalue weighted by molar-refractivity contribution is -0.122. The SMILES string of the molecule is CC1(C)CCC(NC(=O)CC2CCCN2)c2ccccc21. The Morgan fingerprint density at radius 3 is 2.90 bits per heavy atom. The predicted octanol–water partition coefficient (Wildman–Crippen LogP) is 3.06. The van der Waals surface area contributed by atoms with Crippen molar-refractivity contribution in [1.82, 2.24) is 10.6 Å². The zero-order valence-corrected chi connectivity index (χ0v) is 13.1. The number of carbonyl (C=O) groups is 1. The van der Waals surface area contributed by atoms with Crippen LogP contribution in [-0.4, -0.2) is 18.5 Å². The molecule has 0 radical (unpaired) electrons. The van der Waals surface area contributed by atoms with E-state index in [0.717, 1.165) is 25.8 Å². The topological polar surface area (TPSA) is 41.1 Å². The average molecular weight is 286 g/mol. The first-order chi connectivity index (χ1) is 10.1. The van der Waals surface area contributed by atoms with E-state index in [-0.39, 0.29) is 17.4 Å². The lowest BCUT2D eigenvalue weighted by Crippen LogP contribution is -2.38. The lowest BCUT2D eigenvalue weighted by Gasteiger charge is -2.37. The van der Waals surface area contributed by atoms with Crippen molar-refractivity contribution in [2.45, 2.75) is 63.5 Å². The molecule has 0 spiro atoms. The molecule has 2 N–H and O–H groups in total. The molecule has 2 unspecified atom stereocenters. The van der Waals surface area contributed by atoms with Crippen LogP contribution < -0.4 is 10.6 Å². The van der Waals surface area contributed by atoms with E-state index >= 15 is 0 Å². The highest BCUT2D eigenvalue weighted by molar-refractivity contribution is 5.77. The molecule has 1 aliphatic heterocycles. The molecule has 1 aromatic rings. The molecule has 114 valence electrons. The zero-order valence-electron chi connectivity index (χ0n) is 13.1. The van der Waals surface area contributed by atoms with E-state index in [4.69, 9.17) is 0 Å². The first-order valence-corrected chi connectivity index (χ1v) is 8.18. The van der Waals surface area contributed by atoms with Gasteiger partial charge in [0.05, 0.1) is 6.04 Å². The summed E-state index contributed by atoms with van der Waals surface area (Å²) < 4.78 is 0. The predicted molar refractivity (Wildman–Crippen MR) is 85.2 cm³/mol. The van der Waals surface area contributed by atoms with Crippen LogP contribution in [0, 0.1) is 0 Å². The maximum atomic E-state index is 12.3. The summed E-state index contributed by atoms with van der Waals surface area (Å²) in [5.41, 5.74) is 2.91. The molecule has 1 amide bonds. The molecule has 0 bridgehead atoms. The third-order valence-corrected chi connectivity index (χ3v) is 5.05. The monoisotopic (exact) mass is 286 g/mol. The van der Waals surface area contributed by atoms with E-state index < -0.39 is 0 Å². The van der Waals surface area contributed by atoms with Crippen molar-refractivity contribution >= 4 is 5.91 Å². The molecule has 2 aliphatic rings. The van der Waals surface area contributed by atoms with Crippen LogP contribution in [-0.2, 0) is 10.2 Å². The number of nitrogens with one attached hydrogen (secondary N) is 2. The molecular weight excluding hydrogens is 260 g/mol. The number of hydrogen-bond acceptors (Lipinski definition) is 2. The molecular formula is C18H26N2O. The number of fused-ring (bicyclic) bond motifs is 1. The third-order valence-electron chi connectivity index (χ3n) is 5.05. The van der Waals surface area contributed by atoms with Gasteiger partial charge in [0.1, 0.15) is 0 Å². The van der Waals surface area contributed by atoms with Crippen LogP contribution in [0.5, 0.6) is 0 Å². The quantitative estimate of drug-likeness (QED) is 0.896. The summed E-state index contributed by atoms with van der Waals surface area (Å²) in [6.45, 7) is 5.65. The second-order valence-corrected chi connectivity index (χ2v) is 7.13. The van der Waals surface area contributed by atoms with E-state index in [0.29, 0.717) is 12.5 Å². The molecule has 1 aromatic carbocycles. The van der Waals surface area contributed by atoms with E-state index in [1.165, 1.54) is 17.5 Å². The number of rotatable bonds is 3. The fourth-order valence-electron chi connectivity index (χ4n) is 3.77. The van der Waals surface area contributed by atoms with Crippen LogP contribution in [0.15, 0.2) is 24.3 Å². The fraction of sp³-hybridized carbons (Fsp3) is 0.611. The maximum absolute atomic E-state index is 12.3. The Labute approximate surface area is 127 Å². The van der Waals surface area contributed by atoms with Crippen LogP contribution in [0.3, 0.4) is 0 Å². The van der Waals surface area contributed by atoms with Gasteiger partial charge in [0.2, 0.25) is 5.91 Å². The molecule has 2 atom stereocenters. The first-order valence-electron chi connectivity index (χ1n) is 8.18. The van der Waals surface area contributed by atoms with Crippen molar-refractivity contribution in [3.63, 3.8) is 0 Å². The van der Waals surface area contributed by atoms with Gasteiger partial charge in [0.15, 0.2) is 0 Å². The Morgan fingerprint density at radius 1 is 1.33 bits per heavy atom. The summed E-state index contributed by atoms with van der Waals surface area (Å²) in [5, 5.41) is 6.66. The van der Waals surface area contributed by atoms with Gasteiger partial charge >= 0.3 is 0 Å². The second-order valence-electron chi connectivity index (χ2n) is 7.13.